The van der Waals surface area contributed by atoms with Gasteiger partial charge in [0.05, 0.1) is 0 Å². The van der Waals surface area contributed by atoms with E-state index in [9.17, 15) is 0 Å². The molecule has 1 aliphatic heterocycles. The first kappa shape index (κ1) is 21.2. The number of hydrogen-bond donors (Lipinski definition) is 0. The van der Waals surface area contributed by atoms with E-state index in [0.29, 0.717) is 6.79 Å². The molecule has 170 valence electrons. The van der Waals surface area contributed by atoms with Crippen molar-refractivity contribution < 1.29 is 14.0 Å². The van der Waals surface area contributed by atoms with Crippen molar-refractivity contribution in [2.75, 3.05) is 6.79 Å². The van der Waals surface area contributed by atoms with Crippen molar-refractivity contribution in [3.05, 3.63) is 127 Å². The van der Waals surface area contributed by atoms with Crippen LogP contribution in [0.2, 0.25) is 0 Å². The fourth-order valence-electron chi connectivity index (χ4n) is 4.69. The third-order valence-corrected chi connectivity index (χ3v) is 6.47. The Morgan fingerprint density at radius 2 is 1.06 bits per heavy atom. The molecule has 0 bridgehead atoms. The summed E-state index contributed by atoms with van der Waals surface area (Å²) in [5.74, 6) is 1.65. The summed E-state index contributed by atoms with van der Waals surface area (Å²) in [5.41, 5.74) is 8.46. The maximum absolute atomic E-state index is 5.61. The van der Waals surface area contributed by atoms with Crippen molar-refractivity contribution in [1.82, 2.24) is 0 Å². The molecule has 6 rings (SSSR count). The zero-order valence-corrected chi connectivity index (χ0v) is 19.4. The summed E-state index contributed by atoms with van der Waals surface area (Å²) in [6.07, 6.45) is 0.881. The lowest BCUT2D eigenvalue weighted by Gasteiger charge is -2.13. The Labute approximate surface area is 205 Å². The quantitative estimate of drug-likeness (QED) is 0.258. The highest BCUT2D eigenvalue weighted by molar-refractivity contribution is 5.73. The Morgan fingerprint density at radius 1 is 0.514 bits per heavy atom. The van der Waals surface area contributed by atoms with Crippen LogP contribution in [0.1, 0.15) is 5.56 Å². The van der Waals surface area contributed by atoms with Crippen LogP contribution in [0.4, 0.5) is 0 Å². The molecule has 0 unspecified atom stereocenters. The molecule has 0 atom stereocenters. The number of hydrogen-bond acceptors (Lipinski definition) is 2. The lowest BCUT2D eigenvalue weighted by molar-refractivity contribution is -0.674. The minimum atomic E-state index is 0.296. The molecule has 0 saturated heterocycles. The molecule has 5 aromatic rings. The first-order valence-corrected chi connectivity index (χ1v) is 12.0. The minimum Gasteiger partial charge on any atom is -0.454 e. The molecule has 4 aromatic carbocycles. The molecule has 3 nitrogen and oxygen atoms in total. The lowest BCUT2D eigenvalue weighted by Crippen LogP contribution is -2.40. The van der Waals surface area contributed by atoms with Gasteiger partial charge in [-0.2, -0.15) is 4.57 Å². The fraction of sp³-hybridized carbons (Fsp3) is 0.0938. The Hall–Kier alpha value is -4.37. The van der Waals surface area contributed by atoms with Crippen molar-refractivity contribution in [3.8, 4) is 45.1 Å². The number of rotatable bonds is 6. The molecule has 0 fully saturated rings. The van der Waals surface area contributed by atoms with Gasteiger partial charge in [-0.05, 0) is 53.1 Å². The van der Waals surface area contributed by atoms with Crippen LogP contribution in [0.5, 0.6) is 11.5 Å². The van der Waals surface area contributed by atoms with Gasteiger partial charge < -0.3 is 9.47 Å². The van der Waals surface area contributed by atoms with E-state index in [1.165, 1.54) is 39.2 Å². The summed E-state index contributed by atoms with van der Waals surface area (Å²) >= 11 is 0. The van der Waals surface area contributed by atoms with E-state index in [1.54, 1.807) is 0 Å². The van der Waals surface area contributed by atoms with Crippen LogP contribution in [0.25, 0.3) is 33.6 Å². The second kappa shape index (κ2) is 9.47. The summed E-state index contributed by atoms with van der Waals surface area (Å²) in [7, 11) is 0. The van der Waals surface area contributed by atoms with Gasteiger partial charge in [-0.15, -0.1) is 0 Å². The first-order valence-electron chi connectivity index (χ1n) is 12.0. The van der Waals surface area contributed by atoms with Gasteiger partial charge in [-0.1, -0.05) is 72.8 Å². The fourth-order valence-corrected chi connectivity index (χ4v) is 4.69. The molecule has 1 aliphatic rings. The summed E-state index contributed by atoms with van der Waals surface area (Å²) in [5, 5.41) is 0. The third kappa shape index (κ3) is 4.41. The zero-order chi connectivity index (χ0) is 23.5. The van der Waals surface area contributed by atoms with E-state index in [-0.39, 0.29) is 0 Å². The highest BCUT2D eigenvalue weighted by Gasteiger charge is 2.23. The van der Waals surface area contributed by atoms with Crippen molar-refractivity contribution in [1.29, 1.82) is 0 Å². The number of fused-ring (bicyclic) bond motifs is 1. The summed E-state index contributed by atoms with van der Waals surface area (Å²) in [6.45, 7) is 1.13. The maximum atomic E-state index is 5.61. The van der Waals surface area contributed by atoms with E-state index < -0.39 is 0 Å². The van der Waals surface area contributed by atoms with Crippen LogP contribution in [0, 0.1) is 0 Å². The van der Waals surface area contributed by atoms with E-state index in [4.69, 9.17) is 9.47 Å². The van der Waals surface area contributed by atoms with Crippen molar-refractivity contribution in [3.63, 3.8) is 0 Å². The number of benzene rings is 4. The summed E-state index contributed by atoms with van der Waals surface area (Å²) in [4.78, 5) is 0. The van der Waals surface area contributed by atoms with Crippen LogP contribution in [-0.4, -0.2) is 6.79 Å². The molecule has 0 radical (unpaired) electrons. The van der Waals surface area contributed by atoms with Crippen LogP contribution in [-0.2, 0) is 13.0 Å². The molecule has 3 heteroatoms. The van der Waals surface area contributed by atoms with E-state index in [2.05, 4.69) is 120 Å². The molecular formula is C32H26NO2+. The number of aryl methyl sites for hydroxylation is 1. The second-order valence-corrected chi connectivity index (χ2v) is 8.70. The molecule has 35 heavy (non-hydrogen) atoms. The zero-order valence-electron chi connectivity index (χ0n) is 19.4. The molecular weight excluding hydrogens is 430 g/mol. The smallest absolute Gasteiger partial charge is 0.231 e. The van der Waals surface area contributed by atoms with Gasteiger partial charge in [-0.25, -0.2) is 0 Å². The predicted molar refractivity (Wildman–Crippen MR) is 139 cm³/mol. The molecule has 0 N–H and O–H groups in total. The van der Waals surface area contributed by atoms with Gasteiger partial charge in [0.2, 0.25) is 18.2 Å². The first-order chi connectivity index (χ1) is 17.3. The van der Waals surface area contributed by atoms with Gasteiger partial charge in [-0.3, -0.25) is 0 Å². The number of pyridine rings is 1. The Bertz CT molecular complexity index is 1390. The number of ether oxygens (including phenoxy) is 2. The molecule has 0 amide bonds. The van der Waals surface area contributed by atoms with Gasteiger partial charge in [0.25, 0.3) is 0 Å². The largest absolute Gasteiger partial charge is 0.454 e. The standard InChI is InChI=1S/C32H26NO2/c1-4-10-25(11-5-1)28-21-29(26-12-6-2-7-13-26)33(30(22-28)27-14-8-3-9-15-27)19-18-24-16-17-31-32(20-24)35-23-34-31/h1-17,20-22H,18-19,23H2/q+1. The topological polar surface area (TPSA) is 22.3 Å². The van der Waals surface area contributed by atoms with Crippen LogP contribution >= 0.6 is 0 Å². The minimum absolute atomic E-state index is 0.296. The maximum Gasteiger partial charge on any atom is 0.231 e. The lowest BCUT2D eigenvalue weighted by atomic mass is 9.98. The van der Waals surface area contributed by atoms with E-state index in [0.717, 1.165) is 24.5 Å². The Morgan fingerprint density at radius 3 is 1.66 bits per heavy atom. The molecule has 2 heterocycles. The molecule has 0 saturated carbocycles. The second-order valence-electron chi connectivity index (χ2n) is 8.70. The van der Waals surface area contributed by atoms with Gasteiger partial charge in [0.1, 0.15) is 0 Å². The highest BCUT2D eigenvalue weighted by atomic mass is 16.7. The van der Waals surface area contributed by atoms with Crippen LogP contribution in [0.15, 0.2) is 121 Å². The van der Waals surface area contributed by atoms with Crippen molar-refractivity contribution in [2.24, 2.45) is 0 Å². The normalized spacial score (nSPS) is 12.0. The van der Waals surface area contributed by atoms with Gasteiger partial charge in [0.15, 0.2) is 18.0 Å². The van der Waals surface area contributed by atoms with Crippen molar-refractivity contribution >= 4 is 0 Å². The summed E-state index contributed by atoms with van der Waals surface area (Å²) in [6, 6.07) is 42.8. The third-order valence-electron chi connectivity index (χ3n) is 6.47. The van der Waals surface area contributed by atoms with E-state index >= 15 is 0 Å². The molecule has 0 aliphatic carbocycles. The Kier molecular flexibility index (Phi) is 5.73. The van der Waals surface area contributed by atoms with Crippen molar-refractivity contribution in [2.45, 2.75) is 13.0 Å². The van der Waals surface area contributed by atoms with Crippen LogP contribution in [0.3, 0.4) is 0 Å². The summed E-state index contributed by atoms with van der Waals surface area (Å²) < 4.78 is 13.6. The SMILES string of the molecule is c1ccc(-c2cc(-c3ccccc3)[n+](CCc3ccc4c(c3)OCO4)c(-c3ccccc3)c2)cc1. The average Bonchev–Trinajstić information content (AvgIpc) is 3.41. The van der Waals surface area contributed by atoms with E-state index in [1.807, 2.05) is 6.07 Å². The van der Waals surface area contributed by atoms with Crippen LogP contribution < -0.4 is 14.0 Å². The average molecular weight is 457 g/mol. The number of nitrogens with zero attached hydrogens (tertiary/aromatic N) is 1. The predicted octanol–water partition coefficient (Wildman–Crippen LogP) is 6.95. The highest BCUT2D eigenvalue weighted by Crippen LogP contribution is 2.33. The molecule has 1 aromatic heterocycles. The Balaban J connectivity index is 1.50. The van der Waals surface area contributed by atoms with Gasteiger partial charge >= 0.3 is 0 Å². The van der Waals surface area contributed by atoms with Gasteiger partial charge in [0, 0.05) is 29.7 Å². The monoisotopic (exact) mass is 456 g/mol. The molecule has 0 spiro atoms. The number of aromatic nitrogens is 1.